The average Bonchev–Trinajstić information content (AvgIpc) is 3.95. The number of halogens is 1. The molecule has 5 rings (SSSR count). The van der Waals surface area contributed by atoms with Gasteiger partial charge in [0.1, 0.15) is 46.5 Å². The smallest absolute Gasteiger partial charge is 0.409 e. The molecule has 3 fully saturated rings. The summed E-state index contributed by atoms with van der Waals surface area (Å²) in [6, 6.07) is 2.39. The number of benzene rings is 1. The zero-order chi connectivity index (χ0) is 54.2. The summed E-state index contributed by atoms with van der Waals surface area (Å²) in [6.07, 6.45) is 0.736. The lowest BCUT2D eigenvalue weighted by molar-refractivity contribution is -0.162. The number of likely N-dealkylation sites (tertiary alicyclic amines) is 1. The summed E-state index contributed by atoms with van der Waals surface area (Å²) in [6.45, 7) is 12.6. The number of rotatable bonds is 19. The second-order valence-electron chi connectivity index (χ2n) is 20.0. The van der Waals surface area contributed by atoms with Crippen LogP contribution in [0.4, 0.5) is 10.5 Å². The van der Waals surface area contributed by atoms with Crippen LogP contribution in [0.3, 0.4) is 0 Å². The van der Waals surface area contributed by atoms with E-state index in [1.165, 1.54) is 56.7 Å². The number of likely N-dealkylation sites (N-methyl/N-ethyl adjacent to an activating group) is 1. The van der Waals surface area contributed by atoms with E-state index in [0.717, 1.165) is 16.0 Å². The van der Waals surface area contributed by atoms with Gasteiger partial charge < -0.3 is 48.6 Å². The van der Waals surface area contributed by atoms with E-state index in [9.17, 15) is 43.5 Å². The van der Waals surface area contributed by atoms with Crippen molar-refractivity contribution in [1.82, 2.24) is 20.4 Å². The molecule has 6 amide bonds. The molecule has 4 aliphatic heterocycles. The molecular weight excluding hydrogens is 990 g/mol. The maximum absolute atomic E-state index is 14.4. The van der Waals surface area contributed by atoms with Gasteiger partial charge in [0.25, 0.3) is 0 Å². The van der Waals surface area contributed by atoms with Crippen molar-refractivity contribution < 1.29 is 71.9 Å². The number of alkyl carbamates (subject to hydrolysis) is 1. The molecule has 22 heteroatoms. The largest absolute Gasteiger partial charge is 0.495 e. The number of methoxy groups -OCH3 is 2. The van der Waals surface area contributed by atoms with Gasteiger partial charge in [0.05, 0.1) is 43.8 Å². The number of anilines is 1. The van der Waals surface area contributed by atoms with Gasteiger partial charge in [0, 0.05) is 77.1 Å². The number of nitrogens with one attached hydrogen (secondary N) is 2. The molecule has 404 valence electrons. The van der Waals surface area contributed by atoms with E-state index in [1.807, 2.05) is 26.8 Å². The number of ketones is 1. The SMILES string of the molecule is COc1cc2cc(c1Cl)N(C)C(=O)C[C@H](OC(=O)[C@H](C)N(C)C(=O)CCC(C)(C)SC1CC(=O)N(CCC(=O)NCCOCCC(C)=O)C1=O)[C@]1(C)O[C@H]1[C@H](C)[C@@H]1C[C@@](O)(NC(=O)O1)[C@H](OC)/C=C/C=C(\C)C2. The summed E-state index contributed by atoms with van der Waals surface area (Å²) < 4.78 is 34.1. The number of aliphatic hydroxyl groups is 1. The van der Waals surface area contributed by atoms with Crippen molar-refractivity contribution in [2.24, 2.45) is 5.92 Å². The van der Waals surface area contributed by atoms with Gasteiger partial charge in [-0.2, -0.15) is 0 Å². The van der Waals surface area contributed by atoms with Gasteiger partial charge in [-0.15, -0.1) is 11.8 Å². The number of nitrogens with zero attached hydrogens (tertiary/aromatic N) is 3. The summed E-state index contributed by atoms with van der Waals surface area (Å²) in [5.41, 5.74) is -1.20. The number of imide groups is 1. The number of hydrogen-bond donors (Lipinski definition) is 3. The number of fused-ring (bicyclic) bond motifs is 5. The highest BCUT2D eigenvalue weighted by Gasteiger charge is 2.64. The van der Waals surface area contributed by atoms with E-state index in [4.69, 9.17) is 40.0 Å². The second kappa shape index (κ2) is 25.0. The first-order chi connectivity index (χ1) is 34.2. The highest BCUT2D eigenvalue weighted by atomic mass is 35.5. The first-order valence-corrected chi connectivity index (χ1v) is 25.7. The summed E-state index contributed by atoms with van der Waals surface area (Å²) in [5, 5.41) is 16.5. The molecule has 0 aliphatic carbocycles. The highest BCUT2D eigenvalue weighted by Crippen LogP contribution is 2.49. The minimum absolute atomic E-state index is 0.00120. The van der Waals surface area contributed by atoms with E-state index in [2.05, 4.69) is 10.6 Å². The minimum Gasteiger partial charge on any atom is -0.495 e. The van der Waals surface area contributed by atoms with Crippen molar-refractivity contribution in [2.45, 2.75) is 152 Å². The summed E-state index contributed by atoms with van der Waals surface area (Å²) in [5.74, 6) is -3.16. The van der Waals surface area contributed by atoms with E-state index < -0.39 is 99.8 Å². The van der Waals surface area contributed by atoms with Crippen LogP contribution in [0.25, 0.3) is 0 Å². The fourth-order valence-corrected chi connectivity index (χ4v) is 10.9. The van der Waals surface area contributed by atoms with Crippen LogP contribution in [0.5, 0.6) is 5.75 Å². The lowest BCUT2D eigenvalue weighted by atomic mass is 9.83. The molecule has 4 aliphatic rings. The Bertz CT molecular complexity index is 2330. The molecule has 1 aromatic carbocycles. The van der Waals surface area contributed by atoms with Crippen molar-refractivity contribution in [3.63, 3.8) is 0 Å². The standard InChI is InChI=1S/C51H72ClN5O15S/c1-29-13-12-14-38(68-11)51(66)28-36(70-48(65)54-51)31(3)45-50(7,72-45)39(27-42(61)56(9)34-24-33(23-29)25-35(67-10)44(34)52)71-47(64)32(4)55(8)41(60)15-18-49(5,6)73-37-26-43(62)57(46(37)63)20-16-40(59)53-19-22-69-21-17-30(2)58/h12-14,24-25,31-32,36-39,45,66H,15-23,26-28H2,1-11H3,(H,53,59)(H,54,65)/b14-12+,29-13+/t31-,32+,36+,37?,38-,39+,45+,50+,51+/m1/s1. The number of epoxide rings is 1. The molecule has 0 saturated carbocycles. The predicted molar refractivity (Wildman–Crippen MR) is 271 cm³/mol. The fourth-order valence-electron chi connectivity index (χ4n) is 9.11. The predicted octanol–water partition coefficient (Wildman–Crippen LogP) is 4.44. The molecule has 9 atom stereocenters. The van der Waals surface area contributed by atoms with Crippen LogP contribution >= 0.6 is 23.4 Å². The number of carbonyl (C=O) groups is 8. The van der Waals surface area contributed by atoms with E-state index in [-0.39, 0.29) is 81.5 Å². The molecular formula is C51H72ClN5O15S. The van der Waals surface area contributed by atoms with Crippen LogP contribution in [0, 0.1) is 5.92 Å². The molecule has 3 N–H and O–H groups in total. The van der Waals surface area contributed by atoms with Crippen LogP contribution in [-0.2, 0) is 63.7 Å². The Labute approximate surface area is 436 Å². The minimum atomic E-state index is -1.88. The number of esters is 1. The molecule has 20 nitrogen and oxygen atoms in total. The number of carbonyl (C=O) groups excluding carboxylic acids is 8. The van der Waals surface area contributed by atoms with Crippen LogP contribution in [0.15, 0.2) is 35.9 Å². The molecule has 4 heterocycles. The Hall–Kier alpha value is -5.06. The second-order valence-corrected chi connectivity index (χ2v) is 22.3. The Kier molecular flexibility index (Phi) is 20.1. The van der Waals surface area contributed by atoms with Gasteiger partial charge in [0.15, 0.2) is 5.72 Å². The molecule has 0 radical (unpaired) electrons. The summed E-state index contributed by atoms with van der Waals surface area (Å²) in [4.78, 5) is 109. The molecule has 0 aromatic heterocycles. The van der Waals surface area contributed by atoms with E-state index >= 15 is 0 Å². The quantitative estimate of drug-likeness (QED) is 0.0750. The van der Waals surface area contributed by atoms with Crippen LogP contribution in [-0.4, -0.2) is 169 Å². The maximum Gasteiger partial charge on any atom is 0.409 e. The molecule has 73 heavy (non-hydrogen) atoms. The fraction of sp³-hybridized carbons (Fsp3) is 0.647. The number of allylic oxidation sites excluding steroid dienone is 3. The lowest BCUT2D eigenvalue weighted by Gasteiger charge is -2.42. The third-order valence-electron chi connectivity index (χ3n) is 13.9. The Morgan fingerprint density at radius 3 is 2.47 bits per heavy atom. The van der Waals surface area contributed by atoms with E-state index in [1.54, 1.807) is 45.2 Å². The Morgan fingerprint density at radius 2 is 1.79 bits per heavy atom. The third kappa shape index (κ3) is 15.1. The van der Waals surface area contributed by atoms with Gasteiger partial charge in [-0.3, -0.25) is 39.0 Å². The lowest BCUT2D eigenvalue weighted by Crippen LogP contribution is -2.63. The van der Waals surface area contributed by atoms with Gasteiger partial charge in [0.2, 0.25) is 29.5 Å². The zero-order valence-electron chi connectivity index (χ0n) is 43.7. The van der Waals surface area contributed by atoms with Crippen LogP contribution in [0.2, 0.25) is 5.02 Å². The van der Waals surface area contributed by atoms with Crippen molar-refractivity contribution in [3.05, 3.63) is 46.5 Å². The first kappa shape index (κ1) is 58.8. The van der Waals surface area contributed by atoms with Crippen molar-refractivity contribution in [2.75, 3.05) is 59.5 Å². The number of Topliss-reactive ketones (excluding diaryl/α,β-unsaturated/α-hetero) is 1. The molecule has 1 unspecified atom stereocenters. The highest BCUT2D eigenvalue weighted by molar-refractivity contribution is 8.02. The molecule has 4 bridgehead atoms. The van der Waals surface area contributed by atoms with Crippen molar-refractivity contribution in [1.29, 1.82) is 0 Å². The van der Waals surface area contributed by atoms with Gasteiger partial charge in [-0.25, -0.2) is 9.59 Å². The molecule has 1 aromatic rings. The maximum atomic E-state index is 14.4. The molecule has 3 saturated heterocycles. The van der Waals surface area contributed by atoms with Crippen LogP contribution in [0.1, 0.15) is 99.0 Å². The summed E-state index contributed by atoms with van der Waals surface area (Å²) >= 11 is 8.08. The third-order valence-corrected chi connectivity index (χ3v) is 15.7. The van der Waals surface area contributed by atoms with E-state index in [0.29, 0.717) is 17.9 Å². The zero-order valence-corrected chi connectivity index (χ0v) is 45.3. The Balaban J connectivity index is 1.27. The topological polar surface area (TPSA) is 249 Å². The van der Waals surface area contributed by atoms with Crippen molar-refractivity contribution in [3.8, 4) is 5.75 Å². The number of amides is 6. The number of thioether (sulfide) groups is 1. The monoisotopic (exact) mass is 1060 g/mol. The van der Waals surface area contributed by atoms with Gasteiger partial charge in [-0.05, 0) is 58.2 Å². The van der Waals surface area contributed by atoms with Gasteiger partial charge >= 0.3 is 12.1 Å². The normalized spacial score (nSPS) is 28.2. The first-order valence-electron chi connectivity index (χ1n) is 24.4. The number of hydrogen-bond acceptors (Lipinski definition) is 16. The van der Waals surface area contributed by atoms with Crippen LogP contribution < -0.4 is 20.3 Å². The Morgan fingerprint density at radius 1 is 1.08 bits per heavy atom. The van der Waals surface area contributed by atoms with Crippen molar-refractivity contribution >= 4 is 76.4 Å². The average molecular weight is 1060 g/mol. The molecule has 0 spiro atoms. The number of ether oxygens (including phenoxy) is 6. The van der Waals surface area contributed by atoms with Gasteiger partial charge in [-0.1, -0.05) is 56.2 Å². The summed E-state index contributed by atoms with van der Waals surface area (Å²) in [7, 11) is 5.88.